The Hall–Kier alpha value is -2.33. The average molecular weight is 415 g/mol. The SMILES string of the molecule is CCC(C(=O)NCC(C)C)N(Cc1cccc(C)c1)C(=O)Cc1cccc(Cl)c1. The smallest absolute Gasteiger partial charge is 0.242 e. The van der Waals surface area contributed by atoms with Gasteiger partial charge in [-0.1, -0.05) is 74.3 Å². The highest BCUT2D eigenvalue weighted by molar-refractivity contribution is 6.30. The van der Waals surface area contributed by atoms with Crippen LogP contribution in [0.1, 0.15) is 43.9 Å². The molecule has 4 nitrogen and oxygen atoms in total. The lowest BCUT2D eigenvalue weighted by Gasteiger charge is -2.31. The second-order valence-electron chi connectivity index (χ2n) is 7.88. The molecule has 0 saturated heterocycles. The van der Waals surface area contributed by atoms with Gasteiger partial charge in [0.15, 0.2) is 0 Å². The van der Waals surface area contributed by atoms with Gasteiger partial charge in [-0.2, -0.15) is 0 Å². The highest BCUT2D eigenvalue weighted by Crippen LogP contribution is 2.17. The van der Waals surface area contributed by atoms with Crippen LogP contribution in [0.4, 0.5) is 0 Å². The van der Waals surface area contributed by atoms with Crippen LogP contribution in [0.15, 0.2) is 48.5 Å². The molecule has 0 fully saturated rings. The van der Waals surface area contributed by atoms with Gasteiger partial charge >= 0.3 is 0 Å². The molecule has 5 heteroatoms. The van der Waals surface area contributed by atoms with Crippen molar-refractivity contribution in [2.75, 3.05) is 6.54 Å². The first-order valence-corrected chi connectivity index (χ1v) is 10.5. The molecular weight excluding hydrogens is 384 g/mol. The Morgan fingerprint density at radius 1 is 1.07 bits per heavy atom. The third kappa shape index (κ3) is 7.21. The summed E-state index contributed by atoms with van der Waals surface area (Å²) in [7, 11) is 0. The Balaban J connectivity index is 2.27. The summed E-state index contributed by atoms with van der Waals surface area (Å²) in [5, 5.41) is 3.58. The lowest BCUT2D eigenvalue weighted by atomic mass is 10.1. The molecule has 1 N–H and O–H groups in total. The van der Waals surface area contributed by atoms with Crippen molar-refractivity contribution in [2.45, 2.75) is 53.1 Å². The molecule has 1 unspecified atom stereocenters. The third-order valence-corrected chi connectivity index (χ3v) is 4.99. The lowest BCUT2D eigenvalue weighted by Crippen LogP contribution is -2.50. The van der Waals surface area contributed by atoms with Crippen LogP contribution < -0.4 is 5.32 Å². The van der Waals surface area contributed by atoms with Gasteiger partial charge in [-0.3, -0.25) is 9.59 Å². The molecule has 0 saturated carbocycles. The number of carbonyl (C=O) groups is 2. The van der Waals surface area contributed by atoms with Crippen LogP contribution in [0.3, 0.4) is 0 Å². The van der Waals surface area contributed by atoms with Crippen LogP contribution in [-0.2, 0) is 22.6 Å². The minimum atomic E-state index is -0.513. The fourth-order valence-electron chi connectivity index (χ4n) is 3.27. The Labute approximate surface area is 179 Å². The second kappa shape index (κ2) is 11.0. The summed E-state index contributed by atoms with van der Waals surface area (Å²) in [5.74, 6) is 0.164. The van der Waals surface area contributed by atoms with Crippen LogP contribution in [0.2, 0.25) is 5.02 Å². The number of amides is 2. The van der Waals surface area contributed by atoms with Gasteiger partial charge < -0.3 is 10.2 Å². The van der Waals surface area contributed by atoms with Gasteiger partial charge in [-0.05, 0) is 42.5 Å². The lowest BCUT2D eigenvalue weighted by molar-refractivity contribution is -0.141. The first kappa shape index (κ1) is 23.0. The van der Waals surface area contributed by atoms with Crippen molar-refractivity contribution >= 4 is 23.4 Å². The Bertz CT molecular complexity index is 835. The summed E-state index contributed by atoms with van der Waals surface area (Å²) in [4.78, 5) is 27.8. The first-order valence-electron chi connectivity index (χ1n) is 10.2. The molecule has 1 atom stereocenters. The highest BCUT2D eigenvalue weighted by Gasteiger charge is 2.28. The summed E-state index contributed by atoms with van der Waals surface area (Å²) in [6.07, 6.45) is 0.761. The molecule has 0 bridgehead atoms. The highest BCUT2D eigenvalue weighted by atomic mass is 35.5. The zero-order valence-corrected chi connectivity index (χ0v) is 18.5. The summed E-state index contributed by atoms with van der Waals surface area (Å²) in [6.45, 7) is 9.06. The van der Waals surface area contributed by atoms with Crippen LogP contribution in [-0.4, -0.2) is 29.3 Å². The van der Waals surface area contributed by atoms with Crippen molar-refractivity contribution in [1.82, 2.24) is 10.2 Å². The van der Waals surface area contributed by atoms with Crippen LogP contribution >= 0.6 is 11.6 Å². The maximum Gasteiger partial charge on any atom is 0.242 e. The van der Waals surface area contributed by atoms with Gasteiger partial charge in [0.25, 0.3) is 0 Å². The van der Waals surface area contributed by atoms with E-state index in [2.05, 4.69) is 25.2 Å². The molecule has 2 aromatic rings. The van der Waals surface area contributed by atoms with Crippen molar-refractivity contribution in [3.8, 4) is 0 Å². The molecule has 156 valence electrons. The van der Waals surface area contributed by atoms with Gasteiger partial charge in [0.05, 0.1) is 6.42 Å². The van der Waals surface area contributed by atoms with E-state index in [1.807, 2.05) is 44.2 Å². The number of carbonyl (C=O) groups excluding carboxylic acids is 2. The molecule has 0 radical (unpaired) electrons. The Morgan fingerprint density at radius 2 is 1.76 bits per heavy atom. The number of nitrogens with zero attached hydrogens (tertiary/aromatic N) is 1. The van der Waals surface area contributed by atoms with E-state index in [0.29, 0.717) is 30.5 Å². The number of nitrogens with one attached hydrogen (secondary N) is 1. The molecule has 0 aliphatic carbocycles. The number of hydrogen-bond donors (Lipinski definition) is 1. The molecule has 2 aromatic carbocycles. The van der Waals surface area contributed by atoms with Crippen molar-refractivity contribution in [2.24, 2.45) is 5.92 Å². The number of aryl methyl sites for hydroxylation is 1. The average Bonchev–Trinajstić information content (AvgIpc) is 2.66. The number of benzene rings is 2. The predicted molar refractivity (Wildman–Crippen MR) is 119 cm³/mol. The van der Waals surface area contributed by atoms with E-state index in [1.54, 1.807) is 17.0 Å². The second-order valence-corrected chi connectivity index (χ2v) is 8.32. The quantitative estimate of drug-likeness (QED) is 0.642. The maximum absolute atomic E-state index is 13.3. The topological polar surface area (TPSA) is 49.4 Å². The molecule has 2 rings (SSSR count). The first-order chi connectivity index (χ1) is 13.8. The van der Waals surface area contributed by atoms with Crippen LogP contribution in [0.25, 0.3) is 0 Å². The van der Waals surface area contributed by atoms with Gasteiger partial charge in [0.2, 0.25) is 11.8 Å². The van der Waals surface area contributed by atoms with Crippen LogP contribution in [0, 0.1) is 12.8 Å². The van der Waals surface area contributed by atoms with E-state index in [4.69, 9.17) is 11.6 Å². The molecular formula is C24H31ClN2O2. The zero-order chi connectivity index (χ0) is 21.4. The molecule has 29 heavy (non-hydrogen) atoms. The molecule has 0 heterocycles. The predicted octanol–water partition coefficient (Wildman–Crippen LogP) is 4.77. The van der Waals surface area contributed by atoms with Gasteiger partial charge in [0.1, 0.15) is 6.04 Å². The number of rotatable bonds is 9. The van der Waals surface area contributed by atoms with Crippen molar-refractivity contribution in [1.29, 1.82) is 0 Å². The van der Waals surface area contributed by atoms with Crippen molar-refractivity contribution < 1.29 is 9.59 Å². The van der Waals surface area contributed by atoms with E-state index in [0.717, 1.165) is 16.7 Å². The number of halogens is 1. The van der Waals surface area contributed by atoms with E-state index in [-0.39, 0.29) is 18.2 Å². The Kier molecular flexibility index (Phi) is 8.71. The zero-order valence-electron chi connectivity index (χ0n) is 17.7. The van der Waals surface area contributed by atoms with Gasteiger partial charge in [-0.15, -0.1) is 0 Å². The van der Waals surface area contributed by atoms with E-state index in [1.165, 1.54) is 0 Å². The third-order valence-electron chi connectivity index (χ3n) is 4.75. The normalized spacial score (nSPS) is 11.9. The summed E-state index contributed by atoms with van der Waals surface area (Å²) in [5.41, 5.74) is 2.98. The largest absolute Gasteiger partial charge is 0.354 e. The standard InChI is InChI=1S/C24H31ClN2O2/c1-5-22(24(29)26-15-17(2)3)27(16-20-10-6-8-18(4)12-20)23(28)14-19-9-7-11-21(25)13-19/h6-13,17,22H,5,14-16H2,1-4H3,(H,26,29). The fraction of sp³-hybridized carbons (Fsp3) is 0.417. The van der Waals surface area contributed by atoms with E-state index < -0.39 is 6.04 Å². The molecule has 2 amide bonds. The van der Waals surface area contributed by atoms with Crippen LogP contribution in [0.5, 0.6) is 0 Å². The van der Waals surface area contributed by atoms with Gasteiger partial charge in [0, 0.05) is 18.1 Å². The molecule has 0 spiro atoms. The summed E-state index contributed by atoms with van der Waals surface area (Å²) < 4.78 is 0. The molecule has 0 aliphatic heterocycles. The van der Waals surface area contributed by atoms with E-state index >= 15 is 0 Å². The Morgan fingerprint density at radius 3 is 2.38 bits per heavy atom. The molecule has 0 aliphatic rings. The summed E-state index contributed by atoms with van der Waals surface area (Å²) >= 11 is 6.08. The van der Waals surface area contributed by atoms with Crippen molar-refractivity contribution in [3.63, 3.8) is 0 Å². The number of hydrogen-bond acceptors (Lipinski definition) is 2. The van der Waals surface area contributed by atoms with Gasteiger partial charge in [-0.25, -0.2) is 0 Å². The maximum atomic E-state index is 13.3. The molecule has 0 aromatic heterocycles. The van der Waals surface area contributed by atoms with Crippen molar-refractivity contribution in [3.05, 3.63) is 70.2 Å². The fourth-order valence-corrected chi connectivity index (χ4v) is 3.49. The minimum Gasteiger partial charge on any atom is -0.354 e. The summed E-state index contributed by atoms with van der Waals surface area (Å²) in [6, 6.07) is 14.8. The minimum absolute atomic E-state index is 0.0830. The monoisotopic (exact) mass is 414 g/mol. The van der Waals surface area contributed by atoms with E-state index in [9.17, 15) is 9.59 Å².